The van der Waals surface area contributed by atoms with Crippen molar-refractivity contribution in [3.8, 4) is 5.75 Å². The third-order valence-corrected chi connectivity index (χ3v) is 4.14. The molecule has 0 bridgehead atoms. The maximum Gasteiger partial charge on any atom is 0.123 e. The number of aliphatic hydroxyl groups excluding tert-OH is 1. The highest BCUT2D eigenvalue weighted by atomic mass is 79.9. The molecule has 0 spiro atoms. The van der Waals surface area contributed by atoms with E-state index < -0.39 is 0 Å². The quantitative estimate of drug-likeness (QED) is 0.897. The van der Waals surface area contributed by atoms with E-state index in [1.54, 1.807) is 14.2 Å². The summed E-state index contributed by atoms with van der Waals surface area (Å²) in [5, 5.41) is 9.47. The summed E-state index contributed by atoms with van der Waals surface area (Å²) in [7, 11) is 3.40. The molecule has 2 atom stereocenters. The van der Waals surface area contributed by atoms with E-state index >= 15 is 0 Å². The van der Waals surface area contributed by atoms with Gasteiger partial charge in [0.05, 0.1) is 19.8 Å². The lowest BCUT2D eigenvalue weighted by Gasteiger charge is -2.23. The summed E-state index contributed by atoms with van der Waals surface area (Å²) in [5.41, 5.74) is 1.12. The minimum Gasteiger partial charge on any atom is -0.496 e. The number of benzene rings is 1. The van der Waals surface area contributed by atoms with Crippen molar-refractivity contribution < 1.29 is 14.6 Å². The molecule has 1 N–H and O–H groups in total. The summed E-state index contributed by atoms with van der Waals surface area (Å²) in [6.07, 6.45) is 1.08. The first kappa shape index (κ1) is 14.8. The predicted molar refractivity (Wildman–Crippen MR) is 77.4 cm³/mol. The number of nitrogens with zero attached hydrogens (tertiary/aromatic N) is 1. The lowest BCUT2D eigenvalue weighted by atomic mass is 10.1. The topological polar surface area (TPSA) is 41.9 Å². The summed E-state index contributed by atoms with van der Waals surface area (Å²) < 4.78 is 11.8. The average Bonchev–Trinajstić information content (AvgIpc) is 2.81. The highest BCUT2D eigenvalue weighted by Crippen LogP contribution is 2.28. The maximum atomic E-state index is 9.47. The molecule has 19 heavy (non-hydrogen) atoms. The number of rotatable bonds is 5. The first-order valence-electron chi connectivity index (χ1n) is 6.38. The molecule has 1 saturated heterocycles. The van der Waals surface area contributed by atoms with Crippen LogP contribution in [0.2, 0.25) is 0 Å². The molecule has 1 heterocycles. The number of likely N-dealkylation sites (tertiary alicyclic amines) is 1. The van der Waals surface area contributed by atoms with Gasteiger partial charge in [-0.2, -0.15) is 0 Å². The van der Waals surface area contributed by atoms with Crippen LogP contribution in [0.3, 0.4) is 0 Å². The van der Waals surface area contributed by atoms with Gasteiger partial charge in [-0.25, -0.2) is 0 Å². The minimum atomic E-state index is 0.161. The number of hydrogen-bond acceptors (Lipinski definition) is 4. The largest absolute Gasteiger partial charge is 0.496 e. The zero-order valence-corrected chi connectivity index (χ0v) is 12.9. The molecule has 1 aromatic carbocycles. The van der Waals surface area contributed by atoms with Crippen LogP contribution in [0.1, 0.15) is 12.0 Å². The maximum absolute atomic E-state index is 9.47. The lowest BCUT2D eigenvalue weighted by molar-refractivity contribution is 0.107. The monoisotopic (exact) mass is 329 g/mol. The number of aliphatic hydroxyl groups is 1. The summed E-state index contributed by atoms with van der Waals surface area (Å²) in [6, 6.07) is 6.15. The Labute approximate surface area is 122 Å². The molecule has 1 fully saturated rings. The Morgan fingerprint density at radius 3 is 2.84 bits per heavy atom. The van der Waals surface area contributed by atoms with Crippen LogP contribution in [0.4, 0.5) is 0 Å². The Bertz CT molecular complexity index is 427. The highest BCUT2D eigenvalue weighted by molar-refractivity contribution is 9.10. The van der Waals surface area contributed by atoms with Crippen LogP contribution >= 0.6 is 15.9 Å². The van der Waals surface area contributed by atoms with Gasteiger partial charge in [0.25, 0.3) is 0 Å². The SMILES string of the molecule is COc1ccc(Br)cc1CN1C[C@@H](OC)C[C@H]1CO. The number of methoxy groups -OCH3 is 2. The van der Waals surface area contributed by atoms with E-state index in [4.69, 9.17) is 9.47 Å². The van der Waals surface area contributed by atoms with Crippen LogP contribution in [-0.2, 0) is 11.3 Å². The van der Waals surface area contributed by atoms with Crippen molar-refractivity contribution in [1.82, 2.24) is 4.90 Å². The van der Waals surface area contributed by atoms with Gasteiger partial charge in [-0.3, -0.25) is 4.90 Å². The van der Waals surface area contributed by atoms with Crippen molar-refractivity contribution in [1.29, 1.82) is 0 Å². The minimum absolute atomic E-state index is 0.161. The second-order valence-electron chi connectivity index (χ2n) is 4.82. The van der Waals surface area contributed by atoms with Crippen molar-refractivity contribution in [2.75, 3.05) is 27.4 Å². The third kappa shape index (κ3) is 3.48. The first-order chi connectivity index (χ1) is 9.17. The van der Waals surface area contributed by atoms with Gasteiger partial charge < -0.3 is 14.6 Å². The fraction of sp³-hybridized carbons (Fsp3) is 0.571. The standard InChI is InChI=1S/C14H20BrNO3/c1-18-13-6-12(9-17)16(8-13)7-10-5-11(15)3-4-14(10)19-2/h3-5,12-13,17H,6-9H2,1-2H3/t12-,13-/m0/s1. The van der Waals surface area contributed by atoms with Gasteiger partial charge in [-0.05, 0) is 24.6 Å². The second kappa shape index (κ2) is 6.70. The number of ether oxygens (including phenoxy) is 2. The molecule has 1 aromatic rings. The van der Waals surface area contributed by atoms with Gasteiger partial charge in [0.15, 0.2) is 0 Å². The Morgan fingerprint density at radius 1 is 1.42 bits per heavy atom. The van der Waals surface area contributed by atoms with Gasteiger partial charge in [0, 0.05) is 36.3 Å². The molecule has 0 unspecified atom stereocenters. The summed E-state index contributed by atoms with van der Waals surface area (Å²) >= 11 is 3.48. The Morgan fingerprint density at radius 2 is 2.21 bits per heavy atom. The van der Waals surface area contributed by atoms with Crippen molar-refractivity contribution in [2.24, 2.45) is 0 Å². The molecular formula is C14H20BrNO3. The van der Waals surface area contributed by atoms with E-state index in [0.29, 0.717) is 0 Å². The molecule has 0 aliphatic carbocycles. The van der Waals surface area contributed by atoms with Crippen LogP contribution in [0.25, 0.3) is 0 Å². The van der Waals surface area contributed by atoms with Crippen molar-refractivity contribution in [3.63, 3.8) is 0 Å². The van der Waals surface area contributed by atoms with E-state index in [0.717, 1.165) is 35.3 Å². The van der Waals surface area contributed by atoms with Crippen molar-refractivity contribution >= 4 is 15.9 Å². The Balaban J connectivity index is 2.13. The van der Waals surface area contributed by atoms with Gasteiger partial charge in [0.2, 0.25) is 0 Å². The molecule has 0 saturated carbocycles. The van der Waals surface area contributed by atoms with Crippen LogP contribution in [0, 0.1) is 0 Å². The molecule has 0 aromatic heterocycles. The van der Waals surface area contributed by atoms with E-state index in [1.807, 2.05) is 12.1 Å². The zero-order valence-electron chi connectivity index (χ0n) is 11.3. The van der Waals surface area contributed by atoms with E-state index in [1.165, 1.54) is 0 Å². The predicted octanol–water partition coefficient (Wildman–Crippen LogP) is 2.04. The lowest BCUT2D eigenvalue weighted by Crippen LogP contribution is -2.32. The van der Waals surface area contributed by atoms with Gasteiger partial charge in [-0.15, -0.1) is 0 Å². The summed E-state index contributed by atoms with van der Waals surface area (Å²) in [6.45, 7) is 1.77. The Hall–Kier alpha value is -0.620. The summed E-state index contributed by atoms with van der Waals surface area (Å²) in [4.78, 5) is 2.25. The van der Waals surface area contributed by atoms with Crippen molar-refractivity contribution in [3.05, 3.63) is 28.2 Å². The summed E-state index contributed by atoms with van der Waals surface area (Å²) in [5.74, 6) is 0.876. The molecule has 1 aliphatic rings. The molecule has 0 radical (unpaired) electrons. The van der Waals surface area contributed by atoms with E-state index in [9.17, 15) is 5.11 Å². The highest BCUT2D eigenvalue weighted by Gasteiger charge is 2.31. The van der Waals surface area contributed by atoms with Crippen LogP contribution in [-0.4, -0.2) is 49.5 Å². The fourth-order valence-corrected chi connectivity index (χ4v) is 2.99. The van der Waals surface area contributed by atoms with Crippen LogP contribution in [0.15, 0.2) is 22.7 Å². The van der Waals surface area contributed by atoms with Crippen LogP contribution in [0.5, 0.6) is 5.75 Å². The normalized spacial score (nSPS) is 23.8. The Kier molecular flexibility index (Phi) is 5.21. The average molecular weight is 330 g/mol. The second-order valence-corrected chi connectivity index (χ2v) is 5.73. The smallest absolute Gasteiger partial charge is 0.123 e. The van der Waals surface area contributed by atoms with E-state index in [-0.39, 0.29) is 18.8 Å². The number of hydrogen-bond donors (Lipinski definition) is 1. The molecule has 106 valence electrons. The zero-order chi connectivity index (χ0) is 13.8. The van der Waals surface area contributed by atoms with Gasteiger partial charge in [0.1, 0.15) is 5.75 Å². The van der Waals surface area contributed by atoms with Gasteiger partial charge in [-0.1, -0.05) is 15.9 Å². The molecule has 5 heteroatoms. The first-order valence-corrected chi connectivity index (χ1v) is 7.17. The van der Waals surface area contributed by atoms with Gasteiger partial charge >= 0.3 is 0 Å². The van der Waals surface area contributed by atoms with Crippen molar-refractivity contribution in [2.45, 2.75) is 25.1 Å². The molecule has 0 amide bonds. The molecule has 4 nitrogen and oxygen atoms in total. The molecule has 1 aliphatic heterocycles. The molecule has 2 rings (SSSR count). The third-order valence-electron chi connectivity index (χ3n) is 3.65. The van der Waals surface area contributed by atoms with E-state index in [2.05, 4.69) is 26.9 Å². The number of halogens is 1. The fourth-order valence-electron chi connectivity index (χ4n) is 2.58. The van der Waals surface area contributed by atoms with Crippen LogP contribution < -0.4 is 4.74 Å². The molecular weight excluding hydrogens is 310 g/mol.